The highest BCUT2D eigenvalue weighted by Gasteiger charge is 2.40. The van der Waals surface area contributed by atoms with Crippen LogP contribution in [0.25, 0.3) is 0 Å². The van der Waals surface area contributed by atoms with Crippen molar-refractivity contribution in [2.45, 2.75) is 45.5 Å². The van der Waals surface area contributed by atoms with Crippen molar-refractivity contribution in [2.24, 2.45) is 0 Å². The first-order chi connectivity index (χ1) is 7.95. The molecule has 0 aromatic carbocycles. The molecule has 0 aliphatic carbocycles. The second kappa shape index (κ2) is 5.48. The van der Waals surface area contributed by atoms with Crippen LogP contribution in [0.5, 0.6) is 0 Å². The maximum atomic E-state index is 13.0. The first-order valence-electron chi connectivity index (χ1n) is 5.61. The monoisotopic (exact) mass is 250 g/mol. The number of aromatic nitrogens is 3. The summed E-state index contributed by atoms with van der Waals surface area (Å²) in [7, 11) is 1.58. The Labute approximate surface area is 98.2 Å². The molecule has 0 fully saturated rings. The summed E-state index contributed by atoms with van der Waals surface area (Å²) >= 11 is 0. The van der Waals surface area contributed by atoms with Gasteiger partial charge in [0, 0.05) is 6.54 Å². The summed E-state index contributed by atoms with van der Waals surface area (Å²) in [4.78, 5) is 0. The van der Waals surface area contributed by atoms with Crippen LogP contribution in [0.4, 0.5) is 13.2 Å². The summed E-state index contributed by atoms with van der Waals surface area (Å²) in [5, 5.41) is 9.94. The van der Waals surface area contributed by atoms with Gasteiger partial charge in [-0.25, -0.2) is 4.68 Å². The Morgan fingerprint density at radius 1 is 1.29 bits per heavy atom. The Morgan fingerprint density at radius 2 is 1.88 bits per heavy atom. The highest BCUT2D eigenvalue weighted by molar-refractivity contribution is 5.14. The third kappa shape index (κ3) is 2.96. The fourth-order valence-electron chi connectivity index (χ4n) is 1.80. The van der Waals surface area contributed by atoms with Gasteiger partial charge in [0.1, 0.15) is 5.69 Å². The van der Waals surface area contributed by atoms with Crippen LogP contribution >= 0.6 is 0 Å². The summed E-state index contributed by atoms with van der Waals surface area (Å²) in [6.07, 6.45) is -3.22. The normalized spacial score (nSPS) is 12.4. The van der Waals surface area contributed by atoms with Crippen molar-refractivity contribution in [3.63, 3.8) is 0 Å². The van der Waals surface area contributed by atoms with Crippen LogP contribution in [0.1, 0.15) is 44.1 Å². The standard InChI is InChI=1S/C10H17F3N4/c1-4-7(5-2)17-9(10(11,12)13)8(6-14-3)15-16-17/h7,14H,4-6H2,1-3H3. The molecule has 0 spiro atoms. The van der Waals surface area contributed by atoms with E-state index >= 15 is 0 Å². The van der Waals surface area contributed by atoms with Crippen molar-refractivity contribution >= 4 is 0 Å². The second-order valence-corrected chi connectivity index (χ2v) is 3.83. The minimum absolute atomic E-state index is 0.0492. The summed E-state index contributed by atoms with van der Waals surface area (Å²) < 4.78 is 39.9. The molecule has 98 valence electrons. The van der Waals surface area contributed by atoms with E-state index in [1.807, 2.05) is 13.8 Å². The lowest BCUT2D eigenvalue weighted by Crippen LogP contribution is -2.21. The fraction of sp³-hybridized carbons (Fsp3) is 0.800. The van der Waals surface area contributed by atoms with Crippen molar-refractivity contribution in [1.29, 1.82) is 0 Å². The third-order valence-corrected chi connectivity index (χ3v) is 2.67. The molecule has 4 nitrogen and oxygen atoms in total. The molecule has 0 radical (unpaired) electrons. The van der Waals surface area contributed by atoms with E-state index in [1.54, 1.807) is 7.05 Å². The lowest BCUT2D eigenvalue weighted by molar-refractivity contribution is -0.145. The predicted molar refractivity (Wildman–Crippen MR) is 57.4 cm³/mol. The zero-order chi connectivity index (χ0) is 13.1. The first kappa shape index (κ1) is 14.0. The SMILES string of the molecule is CCC(CC)n1nnc(CNC)c1C(F)(F)F. The molecular formula is C10H17F3N4. The first-order valence-corrected chi connectivity index (χ1v) is 5.61. The molecule has 1 rings (SSSR count). The molecule has 0 atom stereocenters. The van der Waals surface area contributed by atoms with Crippen LogP contribution in [0.2, 0.25) is 0 Å². The van der Waals surface area contributed by atoms with Crippen molar-refractivity contribution < 1.29 is 13.2 Å². The Bertz CT molecular complexity index is 355. The van der Waals surface area contributed by atoms with E-state index < -0.39 is 11.9 Å². The molecule has 1 aromatic rings. The van der Waals surface area contributed by atoms with Crippen molar-refractivity contribution in [3.8, 4) is 0 Å². The summed E-state index contributed by atoms with van der Waals surface area (Å²) in [6, 6.07) is -0.260. The van der Waals surface area contributed by atoms with Crippen molar-refractivity contribution in [2.75, 3.05) is 7.05 Å². The highest BCUT2D eigenvalue weighted by atomic mass is 19.4. The second-order valence-electron chi connectivity index (χ2n) is 3.83. The number of hydrogen-bond donors (Lipinski definition) is 1. The molecule has 0 saturated heterocycles. The van der Waals surface area contributed by atoms with Gasteiger partial charge in [-0.1, -0.05) is 19.1 Å². The largest absolute Gasteiger partial charge is 0.434 e. The Kier molecular flexibility index (Phi) is 4.50. The number of nitrogens with zero attached hydrogens (tertiary/aromatic N) is 3. The van der Waals surface area contributed by atoms with Crippen LogP contribution in [0.15, 0.2) is 0 Å². The number of halogens is 3. The van der Waals surface area contributed by atoms with Gasteiger partial charge in [-0.3, -0.25) is 0 Å². The van der Waals surface area contributed by atoms with E-state index in [0.717, 1.165) is 4.68 Å². The van der Waals surface area contributed by atoms with Gasteiger partial charge >= 0.3 is 6.18 Å². The van der Waals surface area contributed by atoms with Gasteiger partial charge in [0.15, 0.2) is 5.69 Å². The lowest BCUT2D eigenvalue weighted by Gasteiger charge is -2.17. The quantitative estimate of drug-likeness (QED) is 0.872. The van der Waals surface area contributed by atoms with Gasteiger partial charge < -0.3 is 5.32 Å². The number of nitrogens with one attached hydrogen (secondary N) is 1. The van der Waals surface area contributed by atoms with Crippen LogP contribution in [-0.4, -0.2) is 22.0 Å². The van der Waals surface area contributed by atoms with Crippen LogP contribution in [0.3, 0.4) is 0 Å². The number of alkyl halides is 3. The van der Waals surface area contributed by atoms with Gasteiger partial charge in [-0.2, -0.15) is 13.2 Å². The maximum Gasteiger partial charge on any atom is 0.434 e. The molecule has 0 amide bonds. The zero-order valence-electron chi connectivity index (χ0n) is 10.2. The van der Waals surface area contributed by atoms with Crippen molar-refractivity contribution in [3.05, 3.63) is 11.4 Å². The molecule has 0 aliphatic rings. The fourth-order valence-corrected chi connectivity index (χ4v) is 1.80. The molecule has 1 aromatic heterocycles. The van der Waals surface area contributed by atoms with E-state index in [0.29, 0.717) is 12.8 Å². The predicted octanol–water partition coefficient (Wildman–Crippen LogP) is 2.38. The van der Waals surface area contributed by atoms with Gasteiger partial charge in [0.05, 0.1) is 6.04 Å². The summed E-state index contributed by atoms with van der Waals surface area (Å²) in [5.74, 6) is 0. The van der Waals surface area contributed by atoms with E-state index in [9.17, 15) is 13.2 Å². The molecule has 0 saturated carbocycles. The Morgan fingerprint density at radius 3 is 2.29 bits per heavy atom. The van der Waals surface area contributed by atoms with E-state index in [4.69, 9.17) is 0 Å². The lowest BCUT2D eigenvalue weighted by atomic mass is 10.1. The molecule has 7 heteroatoms. The minimum atomic E-state index is -4.42. The van der Waals surface area contributed by atoms with Crippen LogP contribution < -0.4 is 5.32 Å². The number of hydrogen-bond acceptors (Lipinski definition) is 3. The van der Waals surface area contributed by atoms with E-state index in [1.165, 1.54) is 0 Å². The highest BCUT2D eigenvalue weighted by Crippen LogP contribution is 2.33. The topological polar surface area (TPSA) is 42.7 Å². The van der Waals surface area contributed by atoms with Gasteiger partial charge in [-0.05, 0) is 19.9 Å². The Balaban J connectivity index is 3.22. The minimum Gasteiger partial charge on any atom is -0.314 e. The van der Waals surface area contributed by atoms with Crippen molar-refractivity contribution in [1.82, 2.24) is 20.3 Å². The van der Waals surface area contributed by atoms with Crippen LogP contribution in [0, 0.1) is 0 Å². The summed E-state index contributed by atoms with van der Waals surface area (Å²) in [5.41, 5.74) is -0.785. The van der Waals surface area contributed by atoms with Gasteiger partial charge in [0.2, 0.25) is 0 Å². The maximum absolute atomic E-state index is 13.0. The zero-order valence-corrected chi connectivity index (χ0v) is 10.2. The molecule has 0 unspecified atom stereocenters. The molecule has 17 heavy (non-hydrogen) atoms. The van der Waals surface area contributed by atoms with Gasteiger partial charge in [0.25, 0.3) is 0 Å². The van der Waals surface area contributed by atoms with E-state index in [-0.39, 0.29) is 18.3 Å². The van der Waals surface area contributed by atoms with Gasteiger partial charge in [-0.15, -0.1) is 5.10 Å². The molecule has 0 bridgehead atoms. The summed E-state index contributed by atoms with van der Waals surface area (Å²) in [6.45, 7) is 3.75. The van der Waals surface area contributed by atoms with Crippen LogP contribution in [-0.2, 0) is 12.7 Å². The smallest absolute Gasteiger partial charge is 0.314 e. The third-order valence-electron chi connectivity index (χ3n) is 2.67. The molecular weight excluding hydrogens is 233 g/mol. The average Bonchev–Trinajstić information content (AvgIpc) is 2.64. The van der Waals surface area contributed by atoms with E-state index in [2.05, 4.69) is 15.6 Å². The molecule has 1 heterocycles. The Hall–Kier alpha value is -1.11. The molecule has 0 aliphatic heterocycles. The molecule has 1 N–H and O–H groups in total. The average molecular weight is 250 g/mol. The number of rotatable bonds is 5.